The highest BCUT2D eigenvalue weighted by Gasteiger charge is 2.32. The summed E-state index contributed by atoms with van der Waals surface area (Å²) in [4.78, 5) is 14.5. The fourth-order valence-electron chi connectivity index (χ4n) is 3.11. The zero-order valence-electron chi connectivity index (χ0n) is 12.4. The van der Waals surface area contributed by atoms with Crippen LogP contribution in [-0.4, -0.2) is 55.5 Å². The highest BCUT2D eigenvalue weighted by Crippen LogP contribution is 2.23. The van der Waals surface area contributed by atoms with E-state index in [1.165, 1.54) is 12.8 Å². The van der Waals surface area contributed by atoms with Crippen LogP contribution >= 0.6 is 0 Å². The van der Waals surface area contributed by atoms with Crippen LogP contribution in [0.2, 0.25) is 0 Å². The van der Waals surface area contributed by atoms with Gasteiger partial charge in [0.1, 0.15) is 0 Å². The lowest BCUT2D eigenvalue weighted by Gasteiger charge is -2.33. The molecule has 116 valence electrons. The summed E-state index contributed by atoms with van der Waals surface area (Å²) in [6.07, 6.45) is 6.00. The third-order valence-electron chi connectivity index (χ3n) is 4.48. The minimum atomic E-state index is -3.09. The minimum absolute atomic E-state index is 0.0245. The van der Waals surface area contributed by atoms with E-state index in [4.69, 9.17) is 0 Å². The molecule has 0 aromatic heterocycles. The average molecular weight is 302 g/mol. The summed E-state index contributed by atoms with van der Waals surface area (Å²) in [7, 11) is -3.09. The van der Waals surface area contributed by atoms with Crippen molar-refractivity contribution in [3.05, 3.63) is 0 Å². The summed E-state index contributed by atoms with van der Waals surface area (Å²) in [6.45, 7) is 4.43. The SMILES string of the molecule is CCS(=O)(=O)N1CCC(C(=O)N2CCCCCC2)CC1. The fourth-order valence-corrected chi connectivity index (χ4v) is 4.25. The molecule has 2 aliphatic rings. The first kappa shape index (κ1) is 15.8. The molecule has 20 heavy (non-hydrogen) atoms. The van der Waals surface area contributed by atoms with E-state index in [1.54, 1.807) is 11.2 Å². The van der Waals surface area contributed by atoms with Gasteiger partial charge in [-0.25, -0.2) is 12.7 Å². The summed E-state index contributed by atoms with van der Waals surface area (Å²) in [5.74, 6) is 0.425. The second-order valence-electron chi connectivity index (χ2n) is 5.81. The minimum Gasteiger partial charge on any atom is -0.342 e. The standard InChI is InChI=1S/C14H26N2O3S/c1-2-20(18,19)16-11-7-13(8-12-16)14(17)15-9-5-3-4-6-10-15/h13H,2-12H2,1H3. The molecule has 0 unspecified atom stereocenters. The Morgan fingerprint density at radius 2 is 1.55 bits per heavy atom. The molecule has 2 heterocycles. The first-order valence-electron chi connectivity index (χ1n) is 7.81. The van der Waals surface area contributed by atoms with Crippen LogP contribution in [0.15, 0.2) is 0 Å². The molecule has 0 atom stereocenters. The molecule has 0 N–H and O–H groups in total. The first-order chi connectivity index (χ1) is 9.54. The van der Waals surface area contributed by atoms with Gasteiger partial charge in [0, 0.05) is 32.1 Å². The molecule has 2 rings (SSSR count). The quantitative estimate of drug-likeness (QED) is 0.793. The van der Waals surface area contributed by atoms with Crippen LogP contribution in [0.1, 0.15) is 45.4 Å². The van der Waals surface area contributed by atoms with Crippen molar-refractivity contribution in [1.82, 2.24) is 9.21 Å². The maximum atomic E-state index is 12.5. The molecule has 2 fully saturated rings. The van der Waals surface area contributed by atoms with Crippen molar-refractivity contribution in [2.24, 2.45) is 5.92 Å². The van der Waals surface area contributed by atoms with E-state index < -0.39 is 10.0 Å². The molecule has 0 spiro atoms. The van der Waals surface area contributed by atoms with E-state index in [2.05, 4.69) is 0 Å². The molecule has 2 saturated heterocycles. The van der Waals surface area contributed by atoms with Crippen molar-refractivity contribution in [2.75, 3.05) is 31.9 Å². The number of hydrogen-bond acceptors (Lipinski definition) is 3. The third kappa shape index (κ3) is 3.73. The monoisotopic (exact) mass is 302 g/mol. The molecule has 0 aromatic carbocycles. The van der Waals surface area contributed by atoms with Gasteiger partial charge in [-0.2, -0.15) is 0 Å². The Labute approximate surface area is 122 Å². The van der Waals surface area contributed by atoms with Crippen molar-refractivity contribution in [3.8, 4) is 0 Å². The molecule has 2 aliphatic heterocycles. The Kier molecular flexibility index (Phi) is 5.43. The maximum Gasteiger partial charge on any atom is 0.225 e. The molecule has 5 nitrogen and oxygen atoms in total. The zero-order chi connectivity index (χ0) is 14.6. The highest BCUT2D eigenvalue weighted by atomic mass is 32.2. The normalized spacial score (nSPS) is 23.6. The lowest BCUT2D eigenvalue weighted by atomic mass is 9.96. The van der Waals surface area contributed by atoms with E-state index >= 15 is 0 Å². The summed E-state index contributed by atoms with van der Waals surface area (Å²) < 4.78 is 25.2. The molecule has 6 heteroatoms. The summed E-state index contributed by atoms with van der Waals surface area (Å²) >= 11 is 0. The number of likely N-dealkylation sites (tertiary alicyclic amines) is 1. The van der Waals surface area contributed by atoms with Crippen LogP contribution in [-0.2, 0) is 14.8 Å². The van der Waals surface area contributed by atoms with E-state index in [9.17, 15) is 13.2 Å². The lowest BCUT2D eigenvalue weighted by Crippen LogP contribution is -2.45. The predicted molar refractivity (Wildman–Crippen MR) is 78.8 cm³/mol. The Morgan fingerprint density at radius 3 is 2.05 bits per heavy atom. The van der Waals surface area contributed by atoms with Gasteiger partial charge in [0.25, 0.3) is 0 Å². The molecular weight excluding hydrogens is 276 g/mol. The average Bonchev–Trinajstić information content (AvgIpc) is 2.75. The Hall–Kier alpha value is -0.620. The van der Waals surface area contributed by atoms with Gasteiger partial charge < -0.3 is 4.90 Å². The Morgan fingerprint density at radius 1 is 1.00 bits per heavy atom. The predicted octanol–water partition coefficient (Wildman–Crippen LogP) is 1.45. The third-order valence-corrected chi connectivity index (χ3v) is 6.36. The topological polar surface area (TPSA) is 57.7 Å². The van der Waals surface area contributed by atoms with Crippen molar-refractivity contribution < 1.29 is 13.2 Å². The summed E-state index contributed by atoms with van der Waals surface area (Å²) in [5.41, 5.74) is 0. The van der Waals surface area contributed by atoms with Gasteiger partial charge >= 0.3 is 0 Å². The van der Waals surface area contributed by atoms with Crippen LogP contribution in [0.25, 0.3) is 0 Å². The van der Waals surface area contributed by atoms with Crippen LogP contribution in [0.3, 0.4) is 0 Å². The molecular formula is C14H26N2O3S. The summed E-state index contributed by atoms with van der Waals surface area (Å²) in [5, 5.41) is 0. The molecule has 0 saturated carbocycles. The van der Waals surface area contributed by atoms with E-state index in [0.29, 0.717) is 25.9 Å². The largest absolute Gasteiger partial charge is 0.342 e. The molecule has 0 aliphatic carbocycles. The number of carbonyl (C=O) groups excluding carboxylic acids is 1. The fraction of sp³-hybridized carbons (Fsp3) is 0.929. The number of sulfonamides is 1. The van der Waals surface area contributed by atoms with Crippen molar-refractivity contribution >= 4 is 15.9 Å². The number of carbonyl (C=O) groups is 1. The van der Waals surface area contributed by atoms with Gasteiger partial charge in [-0.3, -0.25) is 4.79 Å². The van der Waals surface area contributed by atoms with Gasteiger partial charge in [0.2, 0.25) is 15.9 Å². The van der Waals surface area contributed by atoms with Gasteiger partial charge in [0.15, 0.2) is 0 Å². The van der Waals surface area contributed by atoms with E-state index in [0.717, 1.165) is 25.9 Å². The number of hydrogen-bond donors (Lipinski definition) is 0. The zero-order valence-corrected chi connectivity index (χ0v) is 13.2. The van der Waals surface area contributed by atoms with E-state index in [1.807, 2.05) is 4.90 Å². The number of amides is 1. The highest BCUT2D eigenvalue weighted by molar-refractivity contribution is 7.89. The second-order valence-corrected chi connectivity index (χ2v) is 8.07. The molecule has 1 amide bonds. The molecule has 0 bridgehead atoms. The van der Waals surface area contributed by atoms with Crippen LogP contribution < -0.4 is 0 Å². The summed E-state index contributed by atoms with van der Waals surface area (Å²) in [6, 6.07) is 0. The van der Waals surface area contributed by atoms with Gasteiger partial charge in [0.05, 0.1) is 5.75 Å². The second kappa shape index (κ2) is 6.89. The number of piperidine rings is 1. The lowest BCUT2D eigenvalue weighted by molar-refractivity contribution is -0.136. The Bertz CT molecular complexity index is 420. The van der Waals surface area contributed by atoms with Gasteiger partial charge in [-0.1, -0.05) is 12.8 Å². The smallest absolute Gasteiger partial charge is 0.225 e. The van der Waals surface area contributed by atoms with Gasteiger partial charge in [-0.05, 0) is 32.6 Å². The first-order valence-corrected chi connectivity index (χ1v) is 9.42. The molecule has 0 aromatic rings. The molecule has 0 radical (unpaired) electrons. The van der Waals surface area contributed by atoms with Gasteiger partial charge in [-0.15, -0.1) is 0 Å². The van der Waals surface area contributed by atoms with E-state index in [-0.39, 0.29) is 17.6 Å². The number of rotatable bonds is 3. The van der Waals surface area contributed by atoms with Crippen molar-refractivity contribution in [2.45, 2.75) is 45.4 Å². The van der Waals surface area contributed by atoms with Crippen molar-refractivity contribution in [1.29, 1.82) is 0 Å². The van der Waals surface area contributed by atoms with Crippen LogP contribution in [0.4, 0.5) is 0 Å². The maximum absolute atomic E-state index is 12.5. The van der Waals surface area contributed by atoms with Crippen LogP contribution in [0, 0.1) is 5.92 Å². The number of nitrogens with zero attached hydrogens (tertiary/aromatic N) is 2. The van der Waals surface area contributed by atoms with Crippen LogP contribution in [0.5, 0.6) is 0 Å². The van der Waals surface area contributed by atoms with Crippen molar-refractivity contribution in [3.63, 3.8) is 0 Å². The Balaban J connectivity index is 1.88.